The van der Waals surface area contributed by atoms with Crippen LogP contribution < -0.4 is 0 Å². The summed E-state index contributed by atoms with van der Waals surface area (Å²) in [6.45, 7) is 4.34. The molecule has 3 heteroatoms. The van der Waals surface area contributed by atoms with Gasteiger partial charge in [0.25, 0.3) is 0 Å². The Morgan fingerprint density at radius 2 is 1.71 bits per heavy atom. The average molecular weight is 246 g/mol. The summed E-state index contributed by atoms with van der Waals surface area (Å²) < 4.78 is 0.771. The summed E-state index contributed by atoms with van der Waals surface area (Å²) in [7, 11) is 0. The third-order valence-electron chi connectivity index (χ3n) is 0.459. The van der Waals surface area contributed by atoms with Crippen molar-refractivity contribution in [3.63, 3.8) is 0 Å². The molecular formula is C4H8Cl2Sn. The molecule has 0 aromatic heterocycles. The summed E-state index contributed by atoms with van der Waals surface area (Å²) in [5, 5.41) is 0. The molecule has 0 saturated carbocycles. The van der Waals surface area contributed by atoms with E-state index in [1.54, 1.807) is 0 Å². The molecule has 0 aromatic carbocycles. The predicted octanol–water partition coefficient (Wildman–Crippen LogP) is 2.28. The summed E-state index contributed by atoms with van der Waals surface area (Å²) >= 11 is 10.6. The SMILES string of the molecule is C[CH](C)[Sn][CH](Cl)Cl. The third kappa shape index (κ3) is 7.38. The molecule has 42 valence electrons. The van der Waals surface area contributed by atoms with Gasteiger partial charge in [-0.25, -0.2) is 0 Å². The second kappa shape index (κ2) is 4.28. The van der Waals surface area contributed by atoms with Crippen LogP contribution in [0, 0.1) is 0 Å². The Hall–Kier alpha value is 1.38. The van der Waals surface area contributed by atoms with E-state index < -0.39 is 21.1 Å². The van der Waals surface area contributed by atoms with Crippen LogP contribution in [0.1, 0.15) is 13.8 Å². The average Bonchev–Trinajstić information content (AvgIpc) is 1.27. The second-order valence-corrected chi connectivity index (χ2v) is 10.7. The number of hydrogen-bond donors (Lipinski definition) is 0. The molecular weight excluding hydrogens is 238 g/mol. The fourth-order valence-electron chi connectivity index (χ4n) is 0.252. The monoisotopic (exact) mass is 246 g/mol. The standard InChI is InChI=1S/C3H7.CHCl2.Sn/c1-3-2;2-1-3;/h3H,1-2H3;1H;. The van der Waals surface area contributed by atoms with Gasteiger partial charge in [0.1, 0.15) is 0 Å². The van der Waals surface area contributed by atoms with E-state index in [1.165, 1.54) is 0 Å². The van der Waals surface area contributed by atoms with E-state index in [-0.39, 0.29) is 2.85 Å². The summed E-state index contributed by atoms with van der Waals surface area (Å²) in [5.74, 6) is 0. The molecule has 0 fully saturated rings. The third-order valence-corrected chi connectivity index (χ3v) is 4.77. The topological polar surface area (TPSA) is 0 Å². The molecule has 0 atom stereocenters. The van der Waals surface area contributed by atoms with Crippen molar-refractivity contribution in [2.45, 2.75) is 20.6 Å². The van der Waals surface area contributed by atoms with Crippen LogP contribution in [0.2, 0.25) is 3.93 Å². The van der Waals surface area contributed by atoms with Gasteiger partial charge in [-0.15, -0.1) is 0 Å². The summed E-state index contributed by atoms with van der Waals surface area (Å²) in [6, 6.07) is 0. The molecule has 0 aliphatic carbocycles. The van der Waals surface area contributed by atoms with Gasteiger partial charge < -0.3 is 0 Å². The van der Waals surface area contributed by atoms with Crippen molar-refractivity contribution in [3.05, 3.63) is 0 Å². The van der Waals surface area contributed by atoms with Crippen LogP contribution in [-0.2, 0) is 0 Å². The van der Waals surface area contributed by atoms with Crippen molar-refractivity contribution in [3.8, 4) is 0 Å². The molecule has 0 amide bonds. The van der Waals surface area contributed by atoms with Crippen molar-refractivity contribution in [2.75, 3.05) is 0 Å². The van der Waals surface area contributed by atoms with Crippen molar-refractivity contribution < 1.29 is 0 Å². The molecule has 0 bridgehead atoms. The predicted molar refractivity (Wildman–Crippen MR) is 36.3 cm³/mol. The zero-order valence-electron chi connectivity index (χ0n) is 4.41. The zero-order valence-corrected chi connectivity index (χ0v) is 8.78. The molecule has 7 heavy (non-hydrogen) atoms. The number of hydrogen-bond acceptors (Lipinski definition) is 0. The maximum atomic E-state index is 5.51. The minimum atomic E-state index is -0.430. The summed E-state index contributed by atoms with van der Waals surface area (Å²) in [4.78, 5) is 0. The van der Waals surface area contributed by atoms with Crippen molar-refractivity contribution in [2.24, 2.45) is 0 Å². The van der Waals surface area contributed by atoms with Crippen LogP contribution in [-0.4, -0.2) is 24.0 Å². The Bertz CT molecular complexity index is 39.0. The van der Waals surface area contributed by atoms with Gasteiger partial charge in [-0.1, -0.05) is 0 Å². The molecule has 0 unspecified atom stereocenters. The molecule has 0 rings (SSSR count). The van der Waals surface area contributed by atoms with Crippen LogP contribution in [0.15, 0.2) is 0 Å². The Labute approximate surface area is 64.8 Å². The maximum absolute atomic E-state index is 5.51. The summed E-state index contributed by atoms with van der Waals surface area (Å²) in [6.07, 6.45) is 0. The Morgan fingerprint density at radius 3 is 1.71 bits per heavy atom. The quantitative estimate of drug-likeness (QED) is 0.517. The van der Waals surface area contributed by atoms with Crippen LogP contribution >= 0.6 is 23.2 Å². The first kappa shape index (κ1) is 8.38. The number of halogens is 2. The molecule has 0 aromatic rings. The summed E-state index contributed by atoms with van der Waals surface area (Å²) in [5.41, 5.74) is 0. The van der Waals surface area contributed by atoms with Gasteiger partial charge in [0.15, 0.2) is 0 Å². The zero-order chi connectivity index (χ0) is 5.86. The van der Waals surface area contributed by atoms with E-state index in [4.69, 9.17) is 23.2 Å². The van der Waals surface area contributed by atoms with Gasteiger partial charge in [0, 0.05) is 0 Å². The Balaban J connectivity index is 2.95. The van der Waals surface area contributed by atoms with Crippen molar-refractivity contribution in [1.29, 1.82) is 0 Å². The molecule has 0 saturated heterocycles. The molecule has 0 aliphatic heterocycles. The van der Waals surface area contributed by atoms with Crippen molar-refractivity contribution in [1.82, 2.24) is 0 Å². The Kier molecular flexibility index (Phi) is 5.12. The molecule has 0 aliphatic rings. The molecule has 0 spiro atoms. The van der Waals surface area contributed by atoms with E-state index in [0.717, 1.165) is 3.93 Å². The van der Waals surface area contributed by atoms with E-state index in [1.807, 2.05) is 0 Å². The van der Waals surface area contributed by atoms with Crippen LogP contribution in [0.25, 0.3) is 0 Å². The van der Waals surface area contributed by atoms with E-state index in [0.29, 0.717) is 0 Å². The molecule has 0 nitrogen and oxygen atoms in total. The number of alkyl halides is 2. The van der Waals surface area contributed by atoms with Crippen LogP contribution in [0.5, 0.6) is 0 Å². The van der Waals surface area contributed by atoms with Gasteiger partial charge in [-0.2, -0.15) is 0 Å². The molecule has 0 N–H and O–H groups in total. The fraction of sp³-hybridized carbons (Fsp3) is 1.00. The normalized spacial score (nSPS) is 11.1. The first-order valence-corrected chi connectivity index (χ1v) is 6.34. The van der Waals surface area contributed by atoms with Gasteiger partial charge in [0.05, 0.1) is 0 Å². The second-order valence-electron chi connectivity index (χ2n) is 1.62. The first-order valence-electron chi connectivity index (χ1n) is 2.17. The van der Waals surface area contributed by atoms with Crippen LogP contribution in [0.4, 0.5) is 0 Å². The molecule has 0 heterocycles. The van der Waals surface area contributed by atoms with Gasteiger partial charge in [0.2, 0.25) is 0 Å². The van der Waals surface area contributed by atoms with Crippen molar-refractivity contribution >= 4 is 44.3 Å². The fourth-order valence-corrected chi connectivity index (χ4v) is 5.07. The molecule has 2 radical (unpaired) electrons. The minimum absolute atomic E-state index is 0.0106. The first-order chi connectivity index (χ1) is 3.13. The van der Waals surface area contributed by atoms with E-state index in [2.05, 4.69) is 13.8 Å². The van der Waals surface area contributed by atoms with Gasteiger partial charge >= 0.3 is 65.0 Å². The van der Waals surface area contributed by atoms with E-state index in [9.17, 15) is 0 Å². The van der Waals surface area contributed by atoms with E-state index >= 15 is 0 Å². The van der Waals surface area contributed by atoms with Crippen LogP contribution in [0.3, 0.4) is 0 Å². The van der Waals surface area contributed by atoms with Gasteiger partial charge in [-0.05, 0) is 0 Å². The number of rotatable bonds is 2. The Morgan fingerprint density at radius 1 is 1.29 bits per heavy atom. The van der Waals surface area contributed by atoms with Gasteiger partial charge in [-0.3, -0.25) is 0 Å².